The number of nitrogens with one attached hydrogen (secondary N) is 1. The quantitative estimate of drug-likeness (QED) is 0.746. The Hall–Kier alpha value is -1.06. The van der Waals surface area contributed by atoms with Crippen LogP contribution in [0.1, 0.15) is 37.3 Å². The van der Waals surface area contributed by atoms with Gasteiger partial charge in [0.15, 0.2) is 0 Å². The van der Waals surface area contributed by atoms with Crippen molar-refractivity contribution in [3.63, 3.8) is 0 Å². The second kappa shape index (κ2) is 7.28. The summed E-state index contributed by atoms with van der Waals surface area (Å²) in [6, 6.07) is 6.55. The van der Waals surface area contributed by atoms with Crippen molar-refractivity contribution in [2.75, 3.05) is 33.9 Å². The van der Waals surface area contributed by atoms with Gasteiger partial charge in [0, 0.05) is 31.2 Å². The Kier molecular flexibility index (Phi) is 5.65. The fourth-order valence-corrected chi connectivity index (χ4v) is 3.53. The summed E-state index contributed by atoms with van der Waals surface area (Å²) in [4.78, 5) is 0. The Morgan fingerprint density at radius 3 is 2.67 bits per heavy atom. The first-order valence-corrected chi connectivity index (χ1v) is 8.00. The summed E-state index contributed by atoms with van der Waals surface area (Å²) in [5, 5.41) is 3.56. The zero-order valence-corrected chi connectivity index (χ0v) is 13.9. The van der Waals surface area contributed by atoms with Crippen LogP contribution >= 0.6 is 0 Å². The summed E-state index contributed by atoms with van der Waals surface area (Å²) in [6.07, 6.45) is 3.78. The molecule has 0 saturated heterocycles. The van der Waals surface area contributed by atoms with Gasteiger partial charge in [-0.3, -0.25) is 0 Å². The first-order valence-electron chi connectivity index (χ1n) is 8.00. The highest BCUT2D eigenvalue weighted by molar-refractivity contribution is 5.44. The lowest BCUT2D eigenvalue weighted by molar-refractivity contribution is 0.125. The molecule has 0 heterocycles. The molecule has 0 unspecified atom stereocenters. The molecule has 1 saturated carbocycles. The maximum Gasteiger partial charge on any atom is 0.122 e. The maximum absolute atomic E-state index is 5.63. The number of hydrogen-bond donors (Lipinski definition) is 1. The lowest BCUT2D eigenvalue weighted by atomic mass is 9.57. The molecule has 0 aliphatic heterocycles. The average Bonchev–Trinajstić information content (AvgIpc) is 2.45. The Balaban J connectivity index is 2.18. The SMILES string of the molecule is CCC1CC(CNCCOC)(c2cc(C)ccc2OC)C1. The number of ether oxygens (including phenoxy) is 2. The molecule has 0 radical (unpaired) electrons. The lowest BCUT2D eigenvalue weighted by Crippen LogP contribution is -2.49. The van der Waals surface area contributed by atoms with E-state index in [-0.39, 0.29) is 5.41 Å². The third-order valence-electron chi connectivity index (χ3n) is 4.81. The fraction of sp³-hybridized carbons (Fsp3) is 0.667. The number of hydrogen-bond acceptors (Lipinski definition) is 3. The van der Waals surface area contributed by atoms with Crippen LogP contribution in [0.25, 0.3) is 0 Å². The molecule has 21 heavy (non-hydrogen) atoms. The highest BCUT2D eigenvalue weighted by atomic mass is 16.5. The Morgan fingerprint density at radius 2 is 2.05 bits per heavy atom. The zero-order chi connectivity index (χ0) is 15.3. The minimum Gasteiger partial charge on any atom is -0.496 e. The van der Waals surface area contributed by atoms with Crippen molar-refractivity contribution < 1.29 is 9.47 Å². The molecule has 2 rings (SSSR count). The van der Waals surface area contributed by atoms with Crippen molar-refractivity contribution in [3.8, 4) is 5.75 Å². The van der Waals surface area contributed by atoms with Crippen LogP contribution in [-0.2, 0) is 10.2 Å². The second-order valence-corrected chi connectivity index (χ2v) is 6.34. The number of methoxy groups -OCH3 is 2. The van der Waals surface area contributed by atoms with E-state index in [1.807, 2.05) is 0 Å². The molecule has 1 aliphatic rings. The van der Waals surface area contributed by atoms with Crippen LogP contribution in [0.15, 0.2) is 18.2 Å². The van der Waals surface area contributed by atoms with Gasteiger partial charge in [-0.15, -0.1) is 0 Å². The molecule has 1 fully saturated rings. The van der Waals surface area contributed by atoms with Gasteiger partial charge in [0.05, 0.1) is 13.7 Å². The molecule has 0 bridgehead atoms. The standard InChI is InChI=1S/C18H29NO2/c1-5-15-11-18(12-15,13-19-8-9-20-3)16-10-14(2)6-7-17(16)21-4/h6-7,10,15,19H,5,8-9,11-13H2,1-4H3. The van der Waals surface area contributed by atoms with E-state index in [1.54, 1.807) is 14.2 Å². The number of benzene rings is 1. The molecule has 0 spiro atoms. The first kappa shape index (κ1) is 16.3. The van der Waals surface area contributed by atoms with Gasteiger partial charge < -0.3 is 14.8 Å². The highest BCUT2D eigenvalue weighted by Gasteiger charge is 2.45. The van der Waals surface area contributed by atoms with Crippen LogP contribution in [0.5, 0.6) is 5.75 Å². The summed E-state index contributed by atoms with van der Waals surface area (Å²) in [5.41, 5.74) is 2.91. The van der Waals surface area contributed by atoms with E-state index in [4.69, 9.17) is 9.47 Å². The van der Waals surface area contributed by atoms with Crippen molar-refractivity contribution in [2.24, 2.45) is 5.92 Å². The van der Waals surface area contributed by atoms with Crippen LogP contribution in [0.3, 0.4) is 0 Å². The average molecular weight is 291 g/mol. The molecule has 0 amide bonds. The van der Waals surface area contributed by atoms with E-state index in [2.05, 4.69) is 37.4 Å². The molecule has 1 aromatic carbocycles. The molecule has 0 aromatic heterocycles. The first-order chi connectivity index (χ1) is 10.1. The van der Waals surface area contributed by atoms with Crippen LogP contribution in [0.2, 0.25) is 0 Å². The van der Waals surface area contributed by atoms with Crippen LogP contribution in [-0.4, -0.2) is 33.9 Å². The predicted octanol–water partition coefficient (Wildman–Crippen LogP) is 3.30. The second-order valence-electron chi connectivity index (χ2n) is 6.34. The van der Waals surface area contributed by atoms with Gasteiger partial charge in [-0.1, -0.05) is 31.0 Å². The van der Waals surface area contributed by atoms with E-state index in [0.29, 0.717) is 0 Å². The zero-order valence-electron chi connectivity index (χ0n) is 13.9. The molecule has 1 aliphatic carbocycles. The van der Waals surface area contributed by atoms with E-state index in [0.717, 1.165) is 31.4 Å². The van der Waals surface area contributed by atoms with E-state index >= 15 is 0 Å². The lowest BCUT2D eigenvalue weighted by Gasteiger charge is -2.49. The predicted molar refractivity (Wildman–Crippen MR) is 87.2 cm³/mol. The molecule has 0 atom stereocenters. The van der Waals surface area contributed by atoms with Crippen LogP contribution in [0.4, 0.5) is 0 Å². The summed E-state index contributed by atoms with van der Waals surface area (Å²) in [5.74, 6) is 1.88. The van der Waals surface area contributed by atoms with Crippen molar-refractivity contribution in [1.29, 1.82) is 0 Å². The Labute approximate surface area is 129 Å². The van der Waals surface area contributed by atoms with Crippen molar-refractivity contribution in [3.05, 3.63) is 29.3 Å². The smallest absolute Gasteiger partial charge is 0.122 e. The molecule has 1 N–H and O–H groups in total. The van der Waals surface area contributed by atoms with Gasteiger partial charge in [-0.25, -0.2) is 0 Å². The molecular formula is C18H29NO2. The highest BCUT2D eigenvalue weighted by Crippen LogP contribution is 2.51. The van der Waals surface area contributed by atoms with Crippen molar-refractivity contribution in [2.45, 2.75) is 38.5 Å². The molecule has 118 valence electrons. The summed E-state index contributed by atoms with van der Waals surface area (Å²) < 4.78 is 10.8. The number of rotatable bonds is 8. The van der Waals surface area contributed by atoms with Crippen LogP contribution < -0.4 is 10.1 Å². The molecule has 3 heteroatoms. The minimum atomic E-state index is 0.228. The van der Waals surface area contributed by atoms with Crippen LogP contribution in [0, 0.1) is 12.8 Å². The van der Waals surface area contributed by atoms with Gasteiger partial charge in [-0.2, -0.15) is 0 Å². The van der Waals surface area contributed by atoms with Gasteiger partial charge >= 0.3 is 0 Å². The van der Waals surface area contributed by atoms with E-state index in [1.165, 1.54) is 30.4 Å². The molecule has 1 aromatic rings. The Bertz CT molecular complexity index is 453. The topological polar surface area (TPSA) is 30.5 Å². The van der Waals surface area contributed by atoms with Gasteiger partial charge in [0.1, 0.15) is 5.75 Å². The maximum atomic E-state index is 5.63. The largest absolute Gasteiger partial charge is 0.496 e. The normalized spacial score (nSPS) is 24.7. The third kappa shape index (κ3) is 3.58. The third-order valence-corrected chi connectivity index (χ3v) is 4.81. The Morgan fingerprint density at radius 1 is 1.29 bits per heavy atom. The molecular weight excluding hydrogens is 262 g/mol. The van der Waals surface area contributed by atoms with E-state index in [9.17, 15) is 0 Å². The van der Waals surface area contributed by atoms with Crippen molar-refractivity contribution >= 4 is 0 Å². The van der Waals surface area contributed by atoms with Gasteiger partial charge in [0.2, 0.25) is 0 Å². The molecule has 3 nitrogen and oxygen atoms in total. The summed E-state index contributed by atoms with van der Waals surface area (Å²) >= 11 is 0. The summed E-state index contributed by atoms with van der Waals surface area (Å²) in [6.45, 7) is 7.12. The van der Waals surface area contributed by atoms with Crippen molar-refractivity contribution in [1.82, 2.24) is 5.32 Å². The van der Waals surface area contributed by atoms with Gasteiger partial charge in [-0.05, 0) is 31.7 Å². The number of aryl methyl sites for hydroxylation is 1. The van der Waals surface area contributed by atoms with Gasteiger partial charge in [0.25, 0.3) is 0 Å². The summed E-state index contributed by atoms with van der Waals surface area (Å²) in [7, 11) is 3.52. The fourth-order valence-electron chi connectivity index (χ4n) is 3.53. The monoisotopic (exact) mass is 291 g/mol. The van der Waals surface area contributed by atoms with E-state index < -0.39 is 0 Å². The minimum absolute atomic E-state index is 0.228.